The topological polar surface area (TPSA) is 30.7 Å². The molecule has 4 heteroatoms. The summed E-state index contributed by atoms with van der Waals surface area (Å²) in [6, 6.07) is 12.1. The molecular formula is C14H12BrN3. The van der Waals surface area contributed by atoms with Gasteiger partial charge in [-0.05, 0) is 36.4 Å². The van der Waals surface area contributed by atoms with Gasteiger partial charge in [-0.1, -0.05) is 22.9 Å². The molecule has 0 radical (unpaired) electrons. The highest BCUT2D eigenvalue weighted by atomic mass is 79.9. The first kappa shape index (κ1) is 11.4. The van der Waals surface area contributed by atoms with E-state index in [1.807, 2.05) is 24.3 Å². The molecule has 0 atom stereocenters. The van der Waals surface area contributed by atoms with E-state index in [1.54, 1.807) is 6.20 Å². The third-order valence-corrected chi connectivity index (χ3v) is 3.42. The quantitative estimate of drug-likeness (QED) is 0.722. The predicted molar refractivity (Wildman–Crippen MR) is 75.9 cm³/mol. The fourth-order valence-electron chi connectivity index (χ4n) is 2.06. The maximum Gasteiger partial charge on any atom is 0.164 e. The van der Waals surface area contributed by atoms with Crippen LogP contribution in [0.5, 0.6) is 0 Å². The zero-order valence-corrected chi connectivity index (χ0v) is 11.6. The van der Waals surface area contributed by atoms with Gasteiger partial charge < -0.3 is 0 Å². The molecule has 0 aliphatic heterocycles. The van der Waals surface area contributed by atoms with Crippen LogP contribution in [0.25, 0.3) is 16.9 Å². The summed E-state index contributed by atoms with van der Waals surface area (Å²) in [5.41, 5.74) is 2.95. The largest absolute Gasteiger partial charge is 0.281 e. The Morgan fingerprint density at radius 2 is 1.94 bits per heavy atom. The first-order valence-electron chi connectivity index (χ1n) is 5.88. The van der Waals surface area contributed by atoms with E-state index in [4.69, 9.17) is 0 Å². The van der Waals surface area contributed by atoms with Gasteiger partial charge in [0.25, 0.3) is 0 Å². The van der Waals surface area contributed by atoms with Gasteiger partial charge in [-0.15, -0.1) is 0 Å². The lowest BCUT2D eigenvalue weighted by molar-refractivity contribution is 0.901. The molecule has 0 unspecified atom stereocenters. The molecular weight excluding hydrogens is 290 g/mol. The summed E-state index contributed by atoms with van der Waals surface area (Å²) in [7, 11) is 0. The average Bonchev–Trinajstić information content (AvgIpc) is 2.78. The van der Waals surface area contributed by atoms with Crippen molar-refractivity contribution in [2.45, 2.75) is 13.3 Å². The first-order chi connectivity index (χ1) is 8.79. The Morgan fingerprint density at radius 1 is 1.17 bits per heavy atom. The van der Waals surface area contributed by atoms with Gasteiger partial charge in [0.1, 0.15) is 11.3 Å². The maximum atomic E-state index is 4.62. The Morgan fingerprint density at radius 3 is 2.67 bits per heavy atom. The zero-order valence-electron chi connectivity index (χ0n) is 9.97. The Hall–Kier alpha value is -1.68. The normalized spacial score (nSPS) is 11.0. The fourth-order valence-corrected chi connectivity index (χ4v) is 2.32. The van der Waals surface area contributed by atoms with Crippen LogP contribution in [0.15, 0.2) is 47.1 Å². The lowest BCUT2D eigenvalue weighted by atomic mass is 10.3. The van der Waals surface area contributed by atoms with Crippen molar-refractivity contribution in [3.8, 4) is 5.69 Å². The lowest BCUT2D eigenvalue weighted by Gasteiger charge is -2.07. The van der Waals surface area contributed by atoms with Crippen LogP contribution in [-0.4, -0.2) is 14.5 Å². The number of fused-ring (bicyclic) bond motifs is 1. The van der Waals surface area contributed by atoms with Gasteiger partial charge in [-0.25, -0.2) is 9.97 Å². The van der Waals surface area contributed by atoms with Crippen LogP contribution in [0.2, 0.25) is 0 Å². The second-order valence-electron chi connectivity index (χ2n) is 4.04. The van der Waals surface area contributed by atoms with Gasteiger partial charge in [-0.2, -0.15) is 0 Å². The monoisotopic (exact) mass is 301 g/mol. The molecule has 0 aliphatic rings. The maximum absolute atomic E-state index is 4.62. The first-order valence-corrected chi connectivity index (χ1v) is 6.67. The Balaban J connectivity index is 2.29. The minimum Gasteiger partial charge on any atom is -0.281 e. The second kappa shape index (κ2) is 4.53. The Labute approximate surface area is 114 Å². The molecule has 90 valence electrons. The standard InChI is InChI=1S/C14H12BrN3/c1-2-13-17-12-4-3-9-16-14(12)18(13)11-7-5-10(15)6-8-11/h3-9H,2H2,1H3. The van der Waals surface area contributed by atoms with Crippen molar-refractivity contribution >= 4 is 27.1 Å². The van der Waals surface area contributed by atoms with Gasteiger partial charge in [0.15, 0.2) is 5.65 Å². The number of aryl methyl sites for hydroxylation is 1. The number of aromatic nitrogens is 3. The van der Waals surface area contributed by atoms with Crippen LogP contribution in [0, 0.1) is 0 Å². The molecule has 3 aromatic rings. The van der Waals surface area contributed by atoms with Crippen LogP contribution in [0.1, 0.15) is 12.7 Å². The van der Waals surface area contributed by atoms with E-state index >= 15 is 0 Å². The molecule has 1 aromatic carbocycles. The minimum atomic E-state index is 0.881. The van der Waals surface area contributed by atoms with Crippen molar-refractivity contribution in [3.05, 3.63) is 52.9 Å². The van der Waals surface area contributed by atoms with Crippen molar-refractivity contribution < 1.29 is 0 Å². The molecule has 0 amide bonds. The summed E-state index contributed by atoms with van der Waals surface area (Å²) < 4.78 is 3.18. The number of hydrogen-bond acceptors (Lipinski definition) is 2. The molecule has 0 spiro atoms. The number of nitrogens with zero attached hydrogens (tertiary/aromatic N) is 3. The summed E-state index contributed by atoms with van der Waals surface area (Å²) >= 11 is 3.45. The van der Waals surface area contributed by atoms with Crippen LogP contribution in [0.3, 0.4) is 0 Å². The summed E-state index contributed by atoms with van der Waals surface area (Å²) in [5.74, 6) is 1.03. The molecule has 0 saturated heterocycles. The van der Waals surface area contributed by atoms with Crippen LogP contribution < -0.4 is 0 Å². The number of pyridine rings is 1. The predicted octanol–water partition coefficient (Wildman–Crippen LogP) is 3.75. The molecule has 2 heterocycles. The molecule has 3 nitrogen and oxygen atoms in total. The van der Waals surface area contributed by atoms with E-state index in [9.17, 15) is 0 Å². The fraction of sp³-hybridized carbons (Fsp3) is 0.143. The van der Waals surface area contributed by atoms with Crippen LogP contribution >= 0.6 is 15.9 Å². The highest BCUT2D eigenvalue weighted by Crippen LogP contribution is 2.21. The summed E-state index contributed by atoms with van der Waals surface area (Å²) in [6.07, 6.45) is 2.69. The van der Waals surface area contributed by atoms with Gasteiger partial charge in [-0.3, -0.25) is 4.57 Å². The van der Waals surface area contributed by atoms with E-state index in [-0.39, 0.29) is 0 Å². The van der Waals surface area contributed by atoms with E-state index in [0.717, 1.165) is 33.6 Å². The van der Waals surface area contributed by atoms with E-state index in [2.05, 4.69) is 49.5 Å². The van der Waals surface area contributed by atoms with E-state index in [1.165, 1.54) is 0 Å². The van der Waals surface area contributed by atoms with Gasteiger partial charge in [0, 0.05) is 22.8 Å². The van der Waals surface area contributed by atoms with Crippen molar-refractivity contribution in [3.63, 3.8) is 0 Å². The molecule has 0 aliphatic carbocycles. The smallest absolute Gasteiger partial charge is 0.164 e. The molecule has 0 N–H and O–H groups in total. The van der Waals surface area contributed by atoms with E-state index < -0.39 is 0 Å². The van der Waals surface area contributed by atoms with Crippen molar-refractivity contribution in [1.82, 2.24) is 14.5 Å². The highest BCUT2D eigenvalue weighted by Gasteiger charge is 2.11. The summed E-state index contributed by atoms with van der Waals surface area (Å²) in [5, 5.41) is 0. The third-order valence-electron chi connectivity index (χ3n) is 2.89. The molecule has 3 rings (SSSR count). The average molecular weight is 302 g/mol. The van der Waals surface area contributed by atoms with Crippen molar-refractivity contribution in [2.24, 2.45) is 0 Å². The molecule has 0 bridgehead atoms. The number of rotatable bonds is 2. The van der Waals surface area contributed by atoms with E-state index in [0.29, 0.717) is 0 Å². The van der Waals surface area contributed by atoms with Crippen LogP contribution in [0.4, 0.5) is 0 Å². The van der Waals surface area contributed by atoms with Gasteiger partial charge >= 0.3 is 0 Å². The van der Waals surface area contributed by atoms with Crippen molar-refractivity contribution in [1.29, 1.82) is 0 Å². The van der Waals surface area contributed by atoms with Crippen molar-refractivity contribution in [2.75, 3.05) is 0 Å². The lowest BCUT2D eigenvalue weighted by Crippen LogP contribution is -2.00. The Bertz CT molecular complexity index is 686. The molecule has 2 aromatic heterocycles. The molecule has 0 fully saturated rings. The number of imidazole rings is 1. The minimum absolute atomic E-state index is 0.881. The van der Waals surface area contributed by atoms with Gasteiger partial charge in [0.2, 0.25) is 0 Å². The van der Waals surface area contributed by atoms with Crippen LogP contribution in [-0.2, 0) is 6.42 Å². The van der Waals surface area contributed by atoms with Gasteiger partial charge in [0.05, 0.1) is 0 Å². The molecule has 0 saturated carbocycles. The Kier molecular flexibility index (Phi) is 2.88. The summed E-state index contributed by atoms with van der Waals surface area (Å²) in [6.45, 7) is 2.11. The zero-order chi connectivity index (χ0) is 12.5. The second-order valence-corrected chi connectivity index (χ2v) is 4.96. The molecule has 18 heavy (non-hydrogen) atoms. The third kappa shape index (κ3) is 1.82. The number of halogens is 1. The summed E-state index contributed by atoms with van der Waals surface area (Å²) in [4.78, 5) is 9.06. The number of benzene rings is 1. The number of hydrogen-bond donors (Lipinski definition) is 0. The SMILES string of the molecule is CCc1nc2cccnc2n1-c1ccc(Br)cc1. The highest BCUT2D eigenvalue weighted by molar-refractivity contribution is 9.10.